The molecule has 0 unspecified atom stereocenters. The summed E-state index contributed by atoms with van der Waals surface area (Å²) in [5.74, 6) is 0.225. The normalized spacial score (nSPS) is 13.8. The van der Waals surface area contributed by atoms with Crippen molar-refractivity contribution in [3.8, 4) is 5.82 Å². The molecule has 0 aliphatic carbocycles. The third kappa shape index (κ3) is 3.16. The smallest absolute Gasteiger partial charge is 0.435 e. The minimum atomic E-state index is -4.66. The van der Waals surface area contributed by atoms with Crippen LogP contribution in [0.5, 0.6) is 0 Å². The van der Waals surface area contributed by atoms with Crippen LogP contribution in [-0.2, 0) is 10.9 Å². The van der Waals surface area contributed by atoms with Crippen molar-refractivity contribution in [2.75, 3.05) is 0 Å². The fraction of sp³-hybridized carbons (Fsp3) is 0.105. The Morgan fingerprint density at radius 1 is 1.18 bits per heavy atom. The third-order valence-corrected chi connectivity index (χ3v) is 4.35. The topological polar surface area (TPSA) is 52.3 Å². The van der Waals surface area contributed by atoms with Crippen molar-refractivity contribution >= 4 is 28.9 Å². The van der Waals surface area contributed by atoms with E-state index in [1.165, 1.54) is 12.3 Å². The van der Waals surface area contributed by atoms with Gasteiger partial charge in [0.2, 0.25) is 5.90 Å². The van der Waals surface area contributed by atoms with Crippen LogP contribution in [0.25, 0.3) is 11.6 Å². The van der Waals surface area contributed by atoms with Crippen molar-refractivity contribution in [3.63, 3.8) is 0 Å². The van der Waals surface area contributed by atoms with E-state index in [4.69, 9.17) is 16.3 Å². The number of ether oxygens (including phenoxy) is 1. The van der Waals surface area contributed by atoms with E-state index in [1.807, 2.05) is 13.0 Å². The molecule has 0 N–H and O–H groups in total. The standard InChI is InChI=1S/C19H12ClF3N4O/c1-10-5-6-12-11(2)28-18(25-14(12)8-10)15-9-16(19(21,22)23)26-27(15)17-13(20)4-3-7-24-17/h3-9H,2H2,1H3. The fourth-order valence-corrected chi connectivity index (χ4v) is 2.95. The lowest BCUT2D eigenvalue weighted by Gasteiger charge is -2.19. The summed E-state index contributed by atoms with van der Waals surface area (Å²) in [7, 11) is 0. The van der Waals surface area contributed by atoms with E-state index in [0.717, 1.165) is 16.3 Å². The van der Waals surface area contributed by atoms with E-state index in [9.17, 15) is 13.2 Å². The molecular weight excluding hydrogens is 393 g/mol. The predicted molar refractivity (Wildman–Crippen MR) is 98.9 cm³/mol. The second-order valence-electron chi connectivity index (χ2n) is 6.10. The Morgan fingerprint density at radius 3 is 2.68 bits per heavy atom. The second-order valence-corrected chi connectivity index (χ2v) is 6.50. The lowest BCUT2D eigenvalue weighted by molar-refractivity contribution is -0.141. The Bertz CT molecular complexity index is 1130. The number of benzene rings is 1. The molecular formula is C19H12ClF3N4O. The SMILES string of the molecule is C=C1OC(c2cc(C(F)(F)F)nn2-c2ncccc2Cl)=Nc2cc(C)ccc21. The molecule has 0 saturated carbocycles. The Kier molecular flexibility index (Phi) is 4.23. The van der Waals surface area contributed by atoms with Crippen molar-refractivity contribution in [2.45, 2.75) is 13.1 Å². The number of nitrogens with zero attached hydrogens (tertiary/aromatic N) is 4. The minimum Gasteiger partial charge on any atom is -0.437 e. The number of aromatic nitrogens is 3. The van der Waals surface area contributed by atoms with Gasteiger partial charge < -0.3 is 4.74 Å². The number of fused-ring (bicyclic) bond motifs is 1. The summed E-state index contributed by atoms with van der Waals surface area (Å²) >= 11 is 6.12. The number of halogens is 4. The summed E-state index contributed by atoms with van der Waals surface area (Å²) in [6, 6.07) is 9.37. The Balaban J connectivity index is 1.94. The Hall–Kier alpha value is -3.13. The molecule has 0 bridgehead atoms. The van der Waals surface area contributed by atoms with Crippen LogP contribution in [0.3, 0.4) is 0 Å². The maximum absolute atomic E-state index is 13.3. The van der Waals surface area contributed by atoms with Gasteiger partial charge in [0.25, 0.3) is 0 Å². The maximum Gasteiger partial charge on any atom is 0.435 e. The Labute approximate surface area is 162 Å². The summed E-state index contributed by atoms with van der Waals surface area (Å²) in [6.45, 7) is 5.72. The highest BCUT2D eigenvalue weighted by Crippen LogP contribution is 2.36. The Morgan fingerprint density at radius 2 is 1.96 bits per heavy atom. The number of aliphatic imine (C=N–C) groups is 1. The van der Waals surface area contributed by atoms with E-state index in [0.29, 0.717) is 11.3 Å². The van der Waals surface area contributed by atoms with Crippen LogP contribution in [0.1, 0.15) is 22.5 Å². The summed E-state index contributed by atoms with van der Waals surface area (Å²) in [5.41, 5.74) is 0.984. The first-order valence-electron chi connectivity index (χ1n) is 8.09. The van der Waals surface area contributed by atoms with Crippen LogP contribution in [0.2, 0.25) is 5.02 Å². The zero-order chi connectivity index (χ0) is 20.1. The molecule has 2 aromatic heterocycles. The van der Waals surface area contributed by atoms with Crippen LogP contribution >= 0.6 is 11.6 Å². The number of rotatable bonds is 2. The van der Waals surface area contributed by atoms with Gasteiger partial charge >= 0.3 is 6.18 Å². The lowest BCUT2D eigenvalue weighted by Crippen LogP contribution is -2.16. The van der Waals surface area contributed by atoms with E-state index < -0.39 is 11.9 Å². The molecule has 0 radical (unpaired) electrons. The predicted octanol–water partition coefficient (Wildman–Crippen LogP) is 5.33. The van der Waals surface area contributed by atoms with Crippen LogP contribution in [0.4, 0.5) is 18.9 Å². The van der Waals surface area contributed by atoms with Crippen molar-refractivity contribution in [2.24, 2.45) is 4.99 Å². The van der Waals surface area contributed by atoms with Crippen LogP contribution in [0, 0.1) is 6.92 Å². The highest BCUT2D eigenvalue weighted by Gasteiger charge is 2.37. The molecule has 0 spiro atoms. The monoisotopic (exact) mass is 404 g/mol. The first-order valence-corrected chi connectivity index (χ1v) is 8.47. The molecule has 1 aliphatic rings. The summed E-state index contributed by atoms with van der Waals surface area (Å²) in [4.78, 5) is 8.42. The summed E-state index contributed by atoms with van der Waals surface area (Å²) in [5, 5.41) is 3.77. The van der Waals surface area contributed by atoms with Gasteiger partial charge in [0.05, 0.1) is 10.7 Å². The molecule has 0 amide bonds. The molecule has 142 valence electrons. The molecule has 0 saturated heterocycles. The molecule has 28 heavy (non-hydrogen) atoms. The average molecular weight is 405 g/mol. The summed E-state index contributed by atoms with van der Waals surface area (Å²) < 4.78 is 46.5. The van der Waals surface area contributed by atoms with Gasteiger partial charge in [0.15, 0.2) is 11.5 Å². The van der Waals surface area contributed by atoms with Crippen LogP contribution < -0.4 is 0 Å². The molecule has 9 heteroatoms. The molecule has 1 aliphatic heterocycles. The van der Waals surface area contributed by atoms with Gasteiger partial charge in [0.1, 0.15) is 11.5 Å². The first kappa shape index (κ1) is 18.2. The number of hydrogen-bond donors (Lipinski definition) is 0. The highest BCUT2D eigenvalue weighted by molar-refractivity contribution is 6.32. The van der Waals surface area contributed by atoms with Gasteiger partial charge in [-0.05, 0) is 36.8 Å². The molecule has 0 atom stereocenters. The van der Waals surface area contributed by atoms with Gasteiger partial charge in [-0.15, -0.1) is 0 Å². The third-order valence-electron chi connectivity index (χ3n) is 4.05. The van der Waals surface area contributed by atoms with Crippen molar-refractivity contribution < 1.29 is 17.9 Å². The summed E-state index contributed by atoms with van der Waals surface area (Å²) in [6.07, 6.45) is -3.26. The average Bonchev–Trinajstić information content (AvgIpc) is 3.07. The number of hydrogen-bond acceptors (Lipinski definition) is 4. The molecule has 5 nitrogen and oxygen atoms in total. The zero-order valence-corrected chi connectivity index (χ0v) is 15.2. The van der Waals surface area contributed by atoms with Crippen LogP contribution in [0.15, 0.2) is 54.2 Å². The molecule has 3 aromatic rings. The zero-order valence-electron chi connectivity index (χ0n) is 14.5. The largest absolute Gasteiger partial charge is 0.437 e. The highest BCUT2D eigenvalue weighted by atomic mass is 35.5. The first-order chi connectivity index (χ1) is 13.2. The van der Waals surface area contributed by atoms with Gasteiger partial charge in [0, 0.05) is 17.8 Å². The number of pyridine rings is 1. The van der Waals surface area contributed by atoms with Crippen LogP contribution in [-0.4, -0.2) is 20.7 Å². The number of aryl methyl sites for hydroxylation is 1. The van der Waals surface area contributed by atoms with E-state index in [1.54, 1.807) is 18.2 Å². The van der Waals surface area contributed by atoms with Crippen molar-refractivity contribution in [1.29, 1.82) is 0 Å². The van der Waals surface area contributed by atoms with Gasteiger partial charge in [-0.3, -0.25) is 0 Å². The maximum atomic E-state index is 13.3. The van der Waals surface area contributed by atoms with Gasteiger partial charge in [-0.1, -0.05) is 24.2 Å². The van der Waals surface area contributed by atoms with Crippen molar-refractivity contribution in [3.05, 3.63) is 76.7 Å². The quantitative estimate of drug-likeness (QED) is 0.580. The minimum absolute atomic E-state index is 0.0293. The molecule has 3 heterocycles. The van der Waals surface area contributed by atoms with Crippen molar-refractivity contribution in [1.82, 2.24) is 14.8 Å². The number of alkyl halides is 3. The van der Waals surface area contributed by atoms with E-state index in [2.05, 4.69) is 21.7 Å². The van der Waals surface area contributed by atoms with E-state index >= 15 is 0 Å². The molecule has 0 fully saturated rings. The second kappa shape index (κ2) is 6.49. The van der Waals surface area contributed by atoms with E-state index in [-0.39, 0.29) is 28.2 Å². The molecule has 4 rings (SSSR count). The van der Waals surface area contributed by atoms with Gasteiger partial charge in [-0.2, -0.15) is 18.3 Å². The lowest BCUT2D eigenvalue weighted by atomic mass is 10.1. The molecule has 1 aromatic carbocycles. The fourth-order valence-electron chi connectivity index (χ4n) is 2.75. The van der Waals surface area contributed by atoms with Gasteiger partial charge in [-0.25, -0.2) is 14.7 Å².